The van der Waals surface area contributed by atoms with E-state index in [-0.39, 0.29) is 16.8 Å². The molecule has 0 radical (unpaired) electrons. The zero-order chi connectivity index (χ0) is 18.5. The zero-order valence-corrected chi connectivity index (χ0v) is 16.0. The summed E-state index contributed by atoms with van der Waals surface area (Å²) in [6.07, 6.45) is 1.17. The number of aromatic nitrogens is 2. The van der Waals surface area contributed by atoms with E-state index in [0.717, 1.165) is 17.0 Å². The van der Waals surface area contributed by atoms with Gasteiger partial charge < -0.3 is 4.98 Å². The number of pyridine rings is 1. The van der Waals surface area contributed by atoms with E-state index in [1.165, 1.54) is 11.3 Å². The fraction of sp³-hybridized carbons (Fsp3) is 0.250. The van der Waals surface area contributed by atoms with Crippen LogP contribution in [0.15, 0.2) is 40.5 Å². The summed E-state index contributed by atoms with van der Waals surface area (Å²) in [7, 11) is 0. The van der Waals surface area contributed by atoms with E-state index in [1.807, 2.05) is 37.4 Å². The molecule has 4 rings (SSSR count). The summed E-state index contributed by atoms with van der Waals surface area (Å²) in [6, 6.07) is 9.13. The number of rotatable bonds is 2. The van der Waals surface area contributed by atoms with Crippen molar-refractivity contribution < 1.29 is 4.79 Å². The van der Waals surface area contributed by atoms with E-state index in [9.17, 15) is 9.59 Å². The largest absolute Gasteiger partial charge is 0.325 e. The maximum Gasteiger partial charge on any atom is 0.258 e. The van der Waals surface area contributed by atoms with Gasteiger partial charge in [-0.05, 0) is 30.0 Å². The molecule has 0 spiro atoms. The third-order valence-corrected chi connectivity index (χ3v) is 5.68. The first-order chi connectivity index (χ1) is 12.3. The Balaban J connectivity index is 1.77. The highest BCUT2D eigenvalue weighted by Crippen LogP contribution is 2.35. The zero-order valence-electron chi connectivity index (χ0n) is 14.4. The molecule has 0 amide bonds. The first-order valence-electron chi connectivity index (χ1n) is 8.34. The predicted octanol–water partition coefficient (Wildman–Crippen LogP) is 4.97. The number of halogens is 1. The maximum atomic E-state index is 12.6. The summed E-state index contributed by atoms with van der Waals surface area (Å²) in [4.78, 5) is 32.6. The highest BCUT2D eigenvalue weighted by molar-refractivity contribution is 7.13. The van der Waals surface area contributed by atoms with Crippen molar-refractivity contribution in [2.45, 2.75) is 26.7 Å². The SMILES string of the molecule is CC1(C)CC(=O)c2cc(-c3nc(-c4cccc(Cl)c4)cs3)c(=O)[nH]c2C1. The molecule has 0 saturated carbocycles. The highest BCUT2D eigenvalue weighted by atomic mass is 35.5. The number of benzene rings is 1. The Morgan fingerprint density at radius 1 is 1.15 bits per heavy atom. The predicted molar refractivity (Wildman–Crippen MR) is 105 cm³/mol. The van der Waals surface area contributed by atoms with Crippen LogP contribution in [0.2, 0.25) is 5.02 Å². The number of nitrogens with one attached hydrogen (secondary N) is 1. The van der Waals surface area contributed by atoms with E-state index < -0.39 is 0 Å². The summed E-state index contributed by atoms with van der Waals surface area (Å²) in [5.74, 6) is 0.0698. The van der Waals surface area contributed by atoms with Crippen molar-refractivity contribution in [2.75, 3.05) is 0 Å². The Labute approximate surface area is 159 Å². The van der Waals surface area contributed by atoms with E-state index >= 15 is 0 Å². The van der Waals surface area contributed by atoms with Crippen LogP contribution in [0.3, 0.4) is 0 Å². The number of fused-ring (bicyclic) bond motifs is 1. The maximum absolute atomic E-state index is 12.6. The number of hydrogen-bond donors (Lipinski definition) is 1. The van der Waals surface area contributed by atoms with Crippen LogP contribution in [0, 0.1) is 5.41 Å². The van der Waals surface area contributed by atoms with Crippen LogP contribution in [0.1, 0.15) is 36.3 Å². The second-order valence-electron chi connectivity index (χ2n) is 7.39. The van der Waals surface area contributed by atoms with E-state index in [1.54, 1.807) is 12.1 Å². The van der Waals surface area contributed by atoms with E-state index in [0.29, 0.717) is 34.0 Å². The van der Waals surface area contributed by atoms with Crippen LogP contribution in [0.4, 0.5) is 0 Å². The second kappa shape index (κ2) is 6.18. The molecule has 132 valence electrons. The third-order valence-electron chi connectivity index (χ3n) is 4.57. The van der Waals surface area contributed by atoms with Gasteiger partial charge in [0.05, 0.1) is 11.3 Å². The number of thiazole rings is 1. The molecule has 1 N–H and O–H groups in total. The topological polar surface area (TPSA) is 62.8 Å². The Morgan fingerprint density at radius 3 is 2.73 bits per heavy atom. The number of carbonyl (C=O) groups excluding carboxylic acids is 1. The molecule has 0 bridgehead atoms. The van der Waals surface area contributed by atoms with Gasteiger partial charge in [-0.25, -0.2) is 4.98 Å². The number of carbonyl (C=O) groups is 1. The molecular weight excluding hydrogens is 368 g/mol. The van der Waals surface area contributed by atoms with Crippen LogP contribution >= 0.6 is 22.9 Å². The molecule has 0 fully saturated rings. The lowest BCUT2D eigenvalue weighted by molar-refractivity contribution is 0.0910. The molecule has 0 unspecified atom stereocenters. The Morgan fingerprint density at radius 2 is 1.96 bits per heavy atom. The average Bonchev–Trinajstić information content (AvgIpc) is 3.03. The second-order valence-corrected chi connectivity index (χ2v) is 8.69. The lowest BCUT2D eigenvalue weighted by Crippen LogP contribution is -2.30. The lowest BCUT2D eigenvalue weighted by atomic mass is 9.75. The quantitative estimate of drug-likeness (QED) is 0.678. The van der Waals surface area contributed by atoms with Crippen LogP contribution in [0.25, 0.3) is 21.8 Å². The van der Waals surface area contributed by atoms with Crippen LogP contribution in [-0.4, -0.2) is 15.8 Å². The van der Waals surface area contributed by atoms with Crippen LogP contribution in [-0.2, 0) is 6.42 Å². The molecule has 1 aromatic carbocycles. The van der Waals surface area contributed by atoms with Gasteiger partial charge in [-0.1, -0.05) is 37.6 Å². The molecule has 26 heavy (non-hydrogen) atoms. The van der Waals surface area contributed by atoms with Gasteiger partial charge in [-0.3, -0.25) is 9.59 Å². The third kappa shape index (κ3) is 3.13. The number of H-pyrrole nitrogens is 1. The molecule has 6 heteroatoms. The van der Waals surface area contributed by atoms with Crippen molar-refractivity contribution in [2.24, 2.45) is 5.41 Å². The monoisotopic (exact) mass is 384 g/mol. The summed E-state index contributed by atoms with van der Waals surface area (Å²) < 4.78 is 0. The number of Topliss-reactive ketones (excluding diaryl/α,β-unsaturated/α-hetero) is 1. The molecule has 4 nitrogen and oxygen atoms in total. The summed E-state index contributed by atoms with van der Waals surface area (Å²) >= 11 is 7.43. The molecule has 1 aliphatic carbocycles. The first-order valence-corrected chi connectivity index (χ1v) is 9.59. The Hall–Kier alpha value is -2.24. The van der Waals surface area contributed by atoms with E-state index in [4.69, 9.17) is 11.6 Å². The molecule has 2 aromatic heterocycles. The van der Waals surface area contributed by atoms with Gasteiger partial charge in [0.2, 0.25) is 0 Å². The number of ketones is 1. The molecule has 0 atom stereocenters. The van der Waals surface area contributed by atoms with Gasteiger partial charge in [-0.2, -0.15) is 0 Å². The molecule has 2 heterocycles. The summed E-state index contributed by atoms with van der Waals surface area (Å²) in [6.45, 7) is 4.08. The number of nitrogens with zero attached hydrogens (tertiary/aromatic N) is 1. The first kappa shape index (κ1) is 17.2. The smallest absolute Gasteiger partial charge is 0.258 e. The highest BCUT2D eigenvalue weighted by Gasteiger charge is 2.32. The molecule has 0 saturated heterocycles. The van der Waals surface area contributed by atoms with Crippen LogP contribution in [0.5, 0.6) is 0 Å². The van der Waals surface area contributed by atoms with Gasteiger partial charge in [0, 0.05) is 33.6 Å². The minimum atomic E-state index is -0.207. The summed E-state index contributed by atoms with van der Waals surface area (Å²) in [5.41, 5.74) is 3.10. The van der Waals surface area contributed by atoms with Crippen molar-refractivity contribution in [3.8, 4) is 21.8 Å². The van der Waals surface area contributed by atoms with Gasteiger partial charge in [0.25, 0.3) is 5.56 Å². The van der Waals surface area contributed by atoms with Crippen molar-refractivity contribution in [3.63, 3.8) is 0 Å². The van der Waals surface area contributed by atoms with Crippen molar-refractivity contribution >= 4 is 28.7 Å². The Bertz CT molecular complexity index is 1080. The van der Waals surface area contributed by atoms with Gasteiger partial charge in [0.15, 0.2) is 5.78 Å². The molecule has 0 aliphatic heterocycles. The van der Waals surface area contributed by atoms with Crippen LogP contribution < -0.4 is 5.56 Å². The normalized spacial score (nSPS) is 15.7. The van der Waals surface area contributed by atoms with E-state index in [2.05, 4.69) is 9.97 Å². The fourth-order valence-corrected chi connectivity index (χ4v) is 4.40. The van der Waals surface area contributed by atoms with Gasteiger partial charge in [-0.15, -0.1) is 11.3 Å². The minimum Gasteiger partial charge on any atom is -0.325 e. The van der Waals surface area contributed by atoms with Crippen molar-refractivity contribution in [1.29, 1.82) is 0 Å². The molecular formula is C20H17ClN2O2S. The van der Waals surface area contributed by atoms with Crippen molar-refractivity contribution in [3.05, 3.63) is 62.3 Å². The molecule has 1 aliphatic rings. The van der Waals surface area contributed by atoms with Gasteiger partial charge >= 0.3 is 0 Å². The summed E-state index contributed by atoms with van der Waals surface area (Å²) in [5, 5.41) is 3.13. The number of hydrogen-bond acceptors (Lipinski definition) is 4. The average molecular weight is 385 g/mol. The lowest BCUT2D eigenvalue weighted by Gasteiger charge is -2.29. The minimum absolute atomic E-state index is 0.0698. The van der Waals surface area contributed by atoms with Crippen molar-refractivity contribution in [1.82, 2.24) is 9.97 Å². The molecule has 3 aromatic rings. The fourth-order valence-electron chi connectivity index (χ4n) is 3.36. The van der Waals surface area contributed by atoms with Gasteiger partial charge in [0.1, 0.15) is 5.01 Å². The Kier molecular flexibility index (Phi) is 4.09. The number of aromatic amines is 1. The standard InChI is InChI=1S/C20H17ClN2O2S/c1-20(2)8-15-13(17(24)9-20)7-14(18(25)22-15)19-23-16(10-26-19)11-4-3-5-12(21)6-11/h3-7,10H,8-9H2,1-2H3,(H,22,25).